The van der Waals surface area contributed by atoms with E-state index >= 15 is 0 Å². The van der Waals surface area contributed by atoms with Crippen LogP contribution in [-0.2, 0) is 14.3 Å². The fraction of sp³-hybridized carbons (Fsp3) is 0.148. The van der Waals surface area contributed by atoms with Crippen LogP contribution in [0.2, 0.25) is 10.0 Å². The largest absolute Gasteiger partial charge is 0.385 e. The Kier molecular flexibility index (Phi) is 8.89. The first-order valence-electron chi connectivity index (χ1n) is 11.3. The molecule has 7 nitrogen and oxygen atoms in total. The number of anilines is 2. The average molecular weight is 556 g/mol. The summed E-state index contributed by atoms with van der Waals surface area (Å²) < 4.78 is 5.07. The molecule has 2 N–H and O–H groups in total. The number of methoxy groups -OCH3 is 1. The minimum Gasteiger partial charge on any atom is -0.385 e. The van der Waals surface area contributed by atoms with Gasteiger partial charge in [-0.05, 0) is 61.0 Å². The molecule has 0 bridgehead atoms. The van der Waals surface area contributed by atoms with E-state index in [4.69, 9.17) is 27.9 Å². The van der Waals surface area contributed by atoms with E-state index in [0.29, 0.717) is 39.9 Å². The second kappa shape index (κ2) is 12.3. The van der Waals surface area contributed by atoms with Crippen LogP contribution in [0.25, 0.3) is 0 Å². The third-order valence-electron chi connectivity index (χ3n) is 5.41. The van der Waals surface area contributed by atoms with Crippen molar-refractivity contribution < 1.29 is 19.1 Å². The topological polar surface area (TPSA) is 87.7 Å². The second-order valence-electron chi connectivity index (χ2n) is 8.01. The van der Waals surface area contributed by atoms with Crippen molar-refractivity contribution in [2.45, 2.75) is 11.3 Å². The Balaban J connectivity index is 1.52. The third kappa shape index (κ3) is 6.53. The van der Waals surface area contributed by atoms with Crippen molar-refractivity contribution in [2.24, 2.45) is 0 Å². The van der Waals surface area contributed by atoms with Crippen molar-refractivity contribution >= 4 is 64.1 Å². The number of nitrogens with zero attached hydrogens (tertiary/aromatic N) is 1. The van der Waals surface area contributed by atoms with Gasteiger partial charge in [-0.15, -0.1) is 0 Å². The van der Waals surface area contributed by atoms with Crippen LogP contribution in [0, 0.1) is 0 Å². The molecule has 3 aromatic rings. The molecule has 0 spiro atoms. The summed E-state index contributed by atoms with van der Waals surface area (Å²) in [5.41, 5.74) is 1.78. The molecule has 0 aromatic heterocycles. The number of hydrogen-bond donors (Lipinski definition) is 2. The molecule has 3 amide bonds. The van der Waals surface area contributed by atoms with Crippen molar-refractivity contribution in [3.63, 3.8) is 0 Å². The Labute approximate surface area is 228 Å². The van der Waals surface area contributed by atoms with Gasteiger partial charge in [0.05, 0.1) is 10.6 Å². The third-order valence-corrected chi connectivity index (χ3v) is 7.05. The van der Waals surface area contributed by atoms with Gasteiger partial charge in [-0.1, -0.05) is 53.2 Å². The van der Waals surface area contributed by atoms with Gasteiger partial charge in [0.2, 0.25) is 0 Å². The zero-order chi connectivity index (χ0) is 26.4. The van der Waals surface area contributed by atoms with Gasteiger partial charge < -0.3 is 15.4 Å². The van der Waals surface area contributed by atoms with E-state index in [2.05, 4.69) is 10.6 Å². The molecule has 10 heteroatoms. The monoisotopic (exact) mass is 555 g/mol. The smallest absolute Gasteiger partial charge is 0.278 e. The number of carbonyl (C=O) groups excluding carboxylic acids is 3. The zero-order valence-electron chi connectivity index (χ0n) is 19.8. The standard InChI is InChI=1S/C27H23Cl2N3O4S/c1-36-15-5-14-32-26(34)23(30-18-6-3-2-4-7-18)24(27(32)35)37-20-11-9-19(10-12-20)31-25(33)21-13-8-17(28)16-22(21)29/h2-4,6-13,16,30H,5,14-15H2,1H3,(H,31,33). The van der Waals surface area contributed by atoms with Crippen molar-refractivity contribution in [3.05, 3.63) is 99.0 Å². The fourth-order valence-electron chi connectivity index (χ4n) is 3.59. The summed E-state index contributed by atoms with van der Waals surface area (Å²) in [7, 11) is 1.58. The molecule has 1 aliphatic heterocycles. The molecule has 0 saturated heterocycles. The van der Waals surface area contributed by atoms with Crippen LogP contribution in [0.4, 0.5) is 11.4 Å². The zero-order valence-corrected chi connectivity index (χ0v) is 22.1. The van der Waals surface area contributed by atoms with Gasteiger partial charge in [0.25, 0.3) is 17.7 Å². The molecule has 1 aliphatic rings. The molecule has 0 fully saturated rings. The molecule has 0 unspecified atom stereocenters. The van der Waals surface area contributed by atoms with Crippen molar-refractivity contribution in [1.29, 1.82) is 0 Å². The number of amides is 3. The lowest BCUT2D eigenvalue weighted by Crippen LogP contribution is -2.33. The number of benzene rings is 3. The highest BCUT2D eigenvalue weighted by atomic mass is 35.5. The maximum absolute atomic E-state index is 13.2. The van der Waals surface area contributed by atoms with Gasteiger partial charge in [-0.25, -0.2) is 0 Å². The van der Waals surface area contributed by atoms with Gasteiger partial charge in [-0.3, -0.25) is 19.3 Å². The van der Waals surface area contributed by atoms with Crippen LogP contribution in [0.3, 0.4) is 0 Å². The summed E-state index contributed by atoms with van der Waals surface area (Å²) in [5, 5.41) is 6.60. The quantitative estimate of drug-likeness (QED) is 0.233. The predicted molar refractivity (Wildman–Crippen MR) is 147 cm³/mol. The molecule has 190 valence electrons. The summed E-state index contributed by atoms with van der Waals surface area (Å²) in [6, 6.07) is 20.8. The van der Waals surface area contributed by atoms with Crippen LogP contribution >= 0.6 is 35.0 Å². The maximum atomic E-state index is 13.2. The van der Waals surface area contributed by atoms with Gasteiger partial charge in [0.15, 0.2) is 0 Å². The van der Waals surface area contributed by atoms with Gasteiger partial charge in [0.1, 0.15) is 10.6 Å². The van der Waals surface area contributed by atoms with E-state index in [-0.39, 0.29) is 35.0 Å². The lowest BCUT2D eigenvalue weighted by molar-refractivity contribution is -0.137. The highest BCUT2D eigenvalue weighted by molar-refractivity contribution is 8.04. The summed E-state index contributed by atoms with van der Waals surface area (Å²) in [6.07, 6.45) is 0.538. The minimum absolute atomic E-state index is 0.230. The molecule has 0 saturated carbocycles. The van der Waals surface area contributed by atoms with Crippen LogP contribution in [0.1, 0.15) is 16.8 Å². The van der Waals surface area contributed by atoms with E-state index < -0.39 is 0 Å². The Morgan fingerprint density at radius 1 is 0.946 bits per heavy atom. The van der Waals surface area contributed by atoms with Crippen LogP contribution in [0.15, 0.2) is 88.3 Å². The molecular weight excluding hydrogens is 533 g/mol. The molecule has 3 aromatic carbocycles. The highest BCUT2D eigenvalue weighted by Crippen LogP contribution is 2.36. The number of para-hydroxylation sites is 1. The summed E-state index contributed by atoms with van der Waals surface area (Å²) in [5.74, 6) is -1.11. The number of nitrogens with one attached hydrogen (secondary N) is 2. The number of hydrogen-bond acceptors (Lipinski definition) is 6. The number of halogens is 2. The van der Waals surface area contributed by atoms with Gasteiger partial charge >= 0.3 is 0 Å². The van der Waals surface area contributed by atoms with E-state index in [0.717, 1.165) is 4.90 Å². The maximum Gasteiger partial charge on any atom is 0.278 e. The van der Waals surface area contributed by atoms with E-state index in [1.165, 1.54) is 22.7 Å². The molecule has 0 radical (unpaired) electrons. The minimum atomic E-state index is -0.379. The number of rotatable bonds is 10. The molecule has 4 rings (SSSR count). The Hall–Kier alpha value is -3.30. The normalized spacial score (nSPS) is 13.3. The van der Waals surface area contributed by atoms with Crippen LogP contribution < -0.4 is 10.6 Å². The van der Waals surface area contributed by atoms with E-state index in [1.807, 2.05) is 30.3 Å². The number of carbonyl (C=O) groups is 3. The fourth-order valence-corrected chi connectivity index (χ4v) is 5.03. The van der Waals surface area contributed by atoms with E-state index in [9.17, 15) is 14.4 Å². The highest BCUT2D eigenvalue weighted by Gasteiger charge is 2.38. The predicted octanol–water partition coefficient (Wildman–Crippen LogP) is 6.07. The summed E-state index contributed by atoms with van der Waals surface area (Å²) in [6.45, 7) is 0.698. The molecular formula is C27H23Cl2N3O4S. The first-order valence-corrected chi connectivity index (χ1v) is 12.9. The first kappa shape index (κ1) is 26.8. The summed E-state index contributed by atoms with van der Waals surface area (Å²) in [4.78, 5) is 41.2. The Bertz CT molecular complexity index is 1350. The van der Waals surface area contributed by atoms with Crippen molar-refractivity contribution in [3.8, 4) is 0 Å². The van der Waals surface area contributed by atoms with Gasteiger partial charge in [0, 0.05) is 41.6 Å². The average Bonchev–Trinajstić information content (AvgIpc) is 3.09. The molecule has 0 aliphatic carbocycles. The number of ether oxygens (including phenoxy) is 1. The summed E-state index contributed by atoms with van der Waals surface area (Å²) >= 11 is 13.2. The molecule has 1 heterocycles. The SMILES string of the molecule is COCCCN1C(=O)C(Nc2ccccc2)=C(Sc2ccc(NC(=O)c3ccc(Cl)cc3Cl)cc2)C1=O. The second-order valence-corrected chi connectivity index (χ2v) is 9.94. The van der Waals surface area contributed by atoms with Crippen molar-refractivity contribution in [2.75, 3.05) is 30.9 Å². The number of imide groups is 1. The van der Waals surface area contributed by atoms with E-state index in [1.54, 1.807) is 43.5 Å². The van der Waals surface area contributed by atoms with Gasteiger partial charge in [-0.2, -0.15) is 0 Å². The lowest BCUT2D eigenvalue weighted by Gasteiger charge is -2.14. The lowest BCUT2D eigenvalue weighted by atomic mass is 10.2. The van der Waals surface area contributed by atoms with Crippen LogP contribution in [0.5, 0.6) is 0 Å². The van der Waals surface area contributed by atoms with Crippen molar-refractivity contribution in [1.82, 2.24) is 4.90 Å². The Morgan fingerprint density at radius 3 is 2.35 bits per heavy atom. The number of thioether (sulfide) groups is 1. The Morgan fingerprint density at radius 2 is 1.68 bits per heavy atom. The molecule has 0 atom stereocenters. The van der Waals surface area contributed by atoms with Crippen LogP contribution in [-0.4, -0.2) is 42.9 Å². The first-order chi connectivity index (χ1) is 17.9. The molecule has 37 heavy (non-hydrogen) atoms.